The van der Waals surface area contributed by atoms with Crippen LogP contribution in [0.5, 0.6) is 0 Å². The molecule has 0 saturated heterocycles. The maximum Gasteiger partial charge on any atom is -0.00196 e. The molecule has 0 rings (SSSR count). The van der Waals surface area contributed by atoms with E-state index in [-0.39, 0.29) is 0 Å². The molecular formula is C9H21N. The summed E-state index contributed by atoms with van der Waals surface area (Å²) in [6.45, 7) is 8.47. The van der Waals surface area contributed by atoms with Gasteiger partial charge in [0.2, 0.25) is 0 Å². The molecule has 0 saturated carbocycles. The van der Waals surface area contributed by atoms with E-state index >= 15 is 0 Å². The molecule has 0 aliphatic rings. The number of nitrogens with one attached hydrogen (secondary N) is 1. The Bertz CT molecular complexity index is 57.7. The first kappa shape index (κ1) is 12.4. The van der Waals surface area contributed by atoms with Gasteiger partial charge in [0.25, 0.3) is 0 Å². The van der Waals surface area contributed by atoms with Crippen molar-refractivity contribution in [2.75, 3.05) is 0 Å². The van der Waals surface area contributed by atoms with Crippen LogP contribution in [0.2, 0.25) is 0 Å². The molecular weight excluding hydrogens is 122 g/mol. The average molecular weight is 143 g/mol. The number of unbranched alkanes of at least 4 members (excludes halogenated alkanes) is 1. The summed E-state index contributed by atoms with van der Waals surface area (Å²) in [5.74, 6) is 0.477. The van der Waals surface area contributed by atoms with E-state index in [0.29, 0.717) is 5.92 Å². The molecule has 0 aromatic rings. The second kappa shape index (κ2) is 11.5. The van der Waals surface area contributed by atoms with Gasteiger partial charge in [-0.3, -0.25) is 0 Å². The molecule has 0 aliphatic heterocycles. The third-order valence-electron chi connectivity index (χ3n) is 1.43. The summed E-state index contributed by atoms with van der Waals surface area (Å²) in [6.07, 6.45) is 5.20. The molecule has 1 unspecified atom stereocenters. The van der Waals surface area contributed by atoms with Crippen molar-refractivity contribution < 1.29 is 0 Å². The first-order valence-electron chi connectivity index (χ1n) is 4.23. The molecule has 1 N–H and O–H groups in total. The predicted molar refractivity (Wildman–Crippen MR) is 48.8 cm³/mol. The van der Waals surface area contributed by atoms with Crippen molar-refractivity contribution in [2.45, 2.75) is 47.0 Å². The number of hydrogen-bond donors (Lipinski definition) is 1. The first-order chi connectivity index (χ1) is 4.72. The van der Waals surface area contributed by atoms with Crippen LogP contribution in [-0.4, -0.2) is 6.21 Å². The Morgan fingerprint density at radius 2 is 1.60 bits per heavy atom. The lowest BCUT2D eigenvalue weighted by Gasteiger charge is -1.92. The standard InChI is InChI=1S/C5H11N.C4H10/c1-3-5(2)4-6;1-3-4-2/h4-6H,3H2,1-2H3;3-4H2,1-2H3. The van der Waals surface area contributed by atoms with Gasteiger partial charge in [-0.15, -0.1) is 0 Å². The Kier molecular flexibility index (Phi) is 14.2. The van der Waals surface area contributed by atoms with Gasteiger partial charge >= 0.3 is 0 Å². The molecule has 0 bridgehead atoms. The van der Waals surface area contributed by atoms with Crippen molar-refractivity contribution >= 4 is 6.21 Å². The van der Waals surface area contributed by atoms with Crippen LogP contribution in [0, 0.1) is 11.3 Å². The molecule has 0 amide bonds. The number of rotatable bonds is 3. The van der Waals surface area contributed by atoms with Crippen LogP contribution in [0.1, 0.15) is 47.0 Å². The predicted octanol–water partition coefficient (Wildman–Crippen LogP) is 3.49. The molecule has 1 heteroatoms. The van der Waals surface area contributed by atoms with Crippen LogP contribution in [0.3, 0.4) is 0 Å². The van der Waals surface area contributed by atoms with Crippen molar-refractivity contribution in [1.29, 1.82) is 5.41 Å². The van der Waals surface area contributed by atoms with Crippen molar-refractivity contribution in [3.63, 3.8) is 0 Å². The van der Waals surface area contributed by atoms with E-state index in [2.05, 4.69) is 20.8 Å². The van der Waals surface area contributed by atoms with Gasteiger partial charge in [-0.05, 0) is 18.6 Å². The molecule has 0 spiro atoms. The van der Waals surface area contributed by atoms with Crippen molar-refractivity contribution in [3.05, 3.63) is 0 Å². The second-order valence-corrected chi connectivity index (χ2v) is 2.55. The van der Waals surface area contributed by atoms with Crippen LogP contribution < -0.4 is 0 Å². The topological polar surface area (TPSA) is 23.9 Å². The van der Waals surface area contributed by atoms with E-state index in [9.17, 15) is 0 Å². The highest BCUT2D eigenvalue weighted by Crippen LogP contribution is 1.92. The van der Waals surface area contributed by atoms with Crippen molar-refractivity contribution in [3.8, 4) is 0 Å². The molecule has 1 nitrogen and oxygen atoms in total. The average Bonchev–Trinajstić information content (AvgIpc) is 2.03. The molecule has 0 aromatic heterocycles. The van der Waals surface area contributed by atoms with E-state index in [0.717, 1.165) is 6.42 Å². The highest BCUT2D eigenvalue weighted by Gasteiger charge is 1.86. The maximum atomic E-state index is 6.68. The lowest BCUT2D eigenvalue weighted by Crippen LogP contribution is -1.88. The van der Waals surface area contributed by atoms with Gasteiger partial charge in [0.1, 0.15) is 0 Å². The van der Waals surface area contributed by atoms with E-state index in [1.54, 1.807) is 0 Å². The van der Waals surface area contributed by atoms with Crippen molar-refractivity contribution in [1.82, 2.24) is 0 Å². The lowest BCUT2D eigenvalue weighted by molar-refractivity contribution is 0.751. The molecule has 0 aromatic carbocycles. The summed E-state index contributed by atoms with van der Waals surface area (Å²) < 4.78 is 0. The van der Waals surface area contributed by atoms with Gasteiger partial charge < -0.3 is 5.41 Å². The monoisotopic (exact) mass is 143 g/mol. The molecule has 62 valence electrons. The van der Waals surface area contributed by atoms with Gasteiger partial charge in [-0.2, -0.15) is 0 Å². The Morgan fingerprint density at radius 3 is 1.60 bits per heavy atom. The number of hydrogen-bond acceptors (Lipinski definition) is 1. The zero-order chi connectivity index (χ0) is 8.41. The summed E-state index contributed by atoms with van der Waals surface area (Å²) in [5, 5.41) is 6.68. The minimum absolute atomic E-state index is 0.477. The van der Waals surface area contributed by atoms with Gasteiger partial charge in [-0.1, -0.05) is 40.5 Å². The zero-order valence-electron chi connectivity index (χ0n) is 7.78. The fraction of sp³-hybridized carbons (Fsp3) is 0.889. The Balaban J connectivity index is 0. The fourth-order valence-electron chi connectivity index (χ4n) is 0.118. The van der Waals surface area contributed by atoms with Crippen LogP contribution in [-0.2, 0) is 0 Å². The molecule has 0 aliphatic carbocycles. The van der Waals surface area contributed by atoms with Crippen molar-refractivity contribution in [2.24, 2.45) is 5.92 Å². The summed E-state index contributed by atoms with van der Waals surface area (Å²) in [6, 6.07) is 0. The summed E-state index contributed by atoms with van der Waals surface area (Å²) in [5.41, 5.74) is 0. The quantitative estimate of drug-likeness (QED) is 0.585. The minimum Gasteiger partial charge on any atom is -0.313 e. The maximum absolute atomic E-state index is 6.68. The zero-order valence-corrected chi connectivity index (χ0v) is 7.78. The van der Waals surface area contributed by atoms with Crippen LogP contribution in [0.25, 0.3) is 0 Å². The molecule has 1 atom stereocenters. The first-order valence-corrected chi connectivity index (χ1v) is 4.23. The van der Waals surface area contributed by atoms with Gasteiger partial charge in [0.15, 0.2) is 0 Å². The summed E-state index contributed by atoms with van der Waals surface area (Å²) in [4.78, 5) is 0. The third-order valence-corrected chi connectivity index (χ3v) is 1.43. The smallest absolute Gasteiger partial charge is 0.00196 e. The molecule has 0 fully saturated rings. The Labute approximate surface area is 65.3 Å². The van der Waals surface area contributed by atoms with Gasteiger partial charge in [-0.25, -0.2) is 0 Å². The fourth-order valence-corrected chi connectivity index (χ4v) is 0.118. The van der Waals surface area contributed by atoms with Gasteiger partial charge in [0, 0.05) is 0 Å². The van der Waals surface area contributed by atoms with Crippen LogP contribution >= 0.6 is 0 Å². The molecule has 0 heterocycles. The van der Waals surface area contributed by atoms with Crippen LogP contribution in [0.15, 0.2) is 0 Å². The Morgan fingerprint density at radius 1 is 1.20 bits per heavy atom. The van der Waals surface area contributed by atoms with E-state index in [1.807, 2.05) is 6.92 Å². The van der Waals surface area contributed by atoms with E-state index < -0.39 is 0 Å². The second-order valence-electron chi connectivity index (χ2n) is 2.55. The van der Waals surface area contributed by atoms with Crippen LogP contribution in [0.4, 0.5) is 0 Å². The SMILES string of the molecule is CCC(C)C=N.CCCC. The molecule has 10 heavy (non-hydrogen) atoms. The normalized spacial score (nSPS) is 11.2. The third kappa shape index (κ3) is 15.6. The van der Waals surface area contributed by atoms with Gasteiger partial charge in [0.05, 0.1) is 0 Å². The lowest BCUT2D eigenvalue weighted by atomic mass is 10.1. The molecule has 0 radical (unpaired) electrons. The summed E-state index contributed by atoms with van der Waals surface area (Å²) >= 11 is 0. The summed E-state index contributed by atoms with van der Waals surface area (Å²) in [7, 11) is 0. The largest absolute Gasteiger partial charge is 0.313 e. The highest BCUT2D eigenvalue weighted by molar-refractivity contribution is 5.55. The van der Waals surface area contributed by atoms with E-state index in [1.165, 1.54) is 19.1 Å². The minimum atomic E-state index is 0.477. The Hall–Kier alpha value is -0.330. The highest BCUT2D eigenvalue weighted by atomic mass is 14.3. The van der Waals surface area contributed by atoms with E-state index in [4.69, 9.17) is 5.41 Å².